The van der Waals surface area contributed by atoms with Crippen LogP contribution in [0.25, 0.3) is 11.1 Å². The van der Waals surface area contributed by atoms with Crippen LogP contribution in [0.3, 0.4) is 0 Å². The molecule has 2 aromatic carbocycles. The van der Waals surface area contributed by atoms with Crippen LogP contribution >= 0.6 is 0 Å². The first-order valence-corrected chi connectivity index (χ1v) is 10.5. The van der Waals surface area contributed by atoms with E-state index in [1.54, 1.807) is 30.1 Å². The van der Waals surface area contributed by atoms with Gasteiger partial charge < -0.3 is 10.1 Å². The minimum absolute atomic E-state index is 0.155. The van der Waals surface area contributed by atoms with Crippen molar-refractivity contribution in [2.75, 3.05) is 19.0 Å². The van der Waals surface area contributed by atoms with Gasteiger partial charge in [0.1, 0.15) is 5.82 Å². The van der Waals surface area contributed by atoms with Crippen molar-refractivity contribution < 1.29 is 22.3 Å². The van der Waals surface area contributed by atoms with Crippen molar-refractivity contribution in [1.29, 1.82) is 0 Å². The average Bonchev–Trinajstić information content (AvgIpc) is 3.16. The zero-order valence-electron chi connectivity index (χ0n) is 16.2. The highest BCUT2D eigenvalue weighted by molar-refractivity contribution is 7.89. The molecule has 0 fully saturated rings. The second kappa shape index (κ2) is 9.16. The third kappa shape index (κ3) is 5.29. The predicted octanol–water partition coefficient (Wildman–Crippen LogP) is 2.16. The van der Waals surface area contributed by atoms with Gasteiger partial charge in [0, 0.05) is 30.1 Å². The van der Waals surface area contributed by atoms with E-state index in [4.69, 9.17) is 9.88 Å². The van der Waals surface area contributed by atoms with E-state index in [-0.39, 0.29) is 22.6 Å². The van der Waals surface area contributed by atoms with Gasteiger partial charge in [0.25, 0.3) is 0 Å². The Morgan fingerprint density at radius 1 is 1.27 bits per heavy atom. The number of nitrogens with two attached hydrogens (primary N) is 1. The van der Waals surface area contributed by atoms with E-state index in [0.29, 0.717) is 24.3 Å². The molecule has 0 saturated heterocycles. The highest BCUT2D eigenvalue weighted by Gasteiger charge is 2.18. The molecule has 0 radical (unpaired) electrons. The summed E-state index contributed by atoms with van der Waals surface area (Å²) in [4.78, 5) is 12.1. The highest BCUT2D eigenvalue weighted by Crippen LogP contribution is 2.29. The molecule has 158 valence electrons. The number of hydrogen-bond donors (Lipinski definition) is 2. The van der Waals surface area contributed by atoms with Gasteiger partial charge >= 0.3 is 0 Å². The molecule has 0 bridgehead atoms. The Kier molecular flexibility index (Phi) is 6.60. The Labute approximate surface area is 173 Å². The largest absolute Gasteiger partial charge is 0.383 e. The van der Waals surface area contributed by atoms with Crippen molar-refractivity contribution in [1.82, 2.24) is 9.78 Å². The van der Waals surface area contributed by atoms with Crippen molar-refractivity contribution in [3.63, 3.8) is 0 Å². The number of aromatic nitrogens is 2. The molecule has 0 atom stereocenters. The number of amides is 1. The average molecular weight is 432 g/mol. The first-order valence-electron chi connectivity index (χ1n) is 9.00. The fourth-order valence-corrected chi connectivity index (χ4v) is 3.69. The molecule has 0 unspecified atom stereocenters. The molecule has 0 spiro atoms. The van der Waals surface area contributed by atoms with Crippen LogP contribution in [0, 0.1) is 5.82 Å². The van der Waals surface area contributed by atoms with E-state index in [0.717, 1.165) is 0 Å². The number of rotatable bonds is 8. The number of sulfonamides is 1. The van der Waals surface area contributed by atoms with E-state index < -0.39 is 21.7 Å². The molecule has 0 saturated carbocycles. The van der Waals surface area contributed by atoms with Gasteiger partial charge in [0.15, 0.2) is 0 Å². The topological polar surface area (TPSA) is 116 Å². The normalized spacial score (nSPS) is 11.4. The lowest BCUT2D eigenvalue weighted by atomic mass is 10.1. The van der Waals surface area contributed by atoms with Gasteiger partial charge in [0.2, 0.25) is 15.9 Å². The van der Waals surface area contributed by atoms with Crippen molar-refractivity contribution >= 4 is 21.6 Å². The fourth-order valence-electron chi connectivity index (χ4n) is 2.90. The first kappa shape index (κ1) is 21.6. The van der Waals surface area contributed by atoms with Crippen molar-refractivity contribution in [3.05, 3.63) is 66.2 Å². The number of carbonyl (C=O) groups is 1. The van der Waals surface area contributed by atoms with Crippen LogP contribution in [0.15, 0.2) is 59.8 Å². The predicted molar refractivity (Wildman–Crippen MR) is 110 cm³/mol. The minimum atomic E-state index is -4.09. The van der Waals surface area contributed by atoms with Gasteiger partial charge in [-0.3, -0.25) is 9.48 Å². The minimum Gasteiger partial charge on any atom is -0.383 e. The number of anilines is 1. The zero-order valence-corrected chi connectivity index (χ0v) is 17.0. The number of nitrogens with zero attached hydrogens (tertiary/aromatic N) is 2. The standard InChI is InChI=1S/C20H21FN4O4S/c1-29-9-8-25-13-15(12-23-25)17-7-6-16(11-19(17)30(22,27)28)24-20(26)10-14-4-2-3-5-18(14)21/h2-7,11-13H,8-10H2,1H3,(H,24,26)(H2,22,27,28). The van der Waals surface area contributed by atoms with E-state index >= 15 is 0 Å². The summed E-state index contributed by atoms with van der Waals surface area (Å²) in [5, 5.41) is 12.1. The van der Waals surface area contributed by atoms with Crippen molar-refractivity contribution in [2.24, 2.45) is 5.14 Å². The number of methoxy groups -OCH3 is 1. The van der Waals surface area contributed by atoms with Gasteiger partial charge in [-0.05, 0) is 23.8 Å². The quantitative estimate of drug-likeness (QED) is 0.566. The van der Waals surface area contributed by atoms with Crippen molar-refractivity contribution in [2.45, 2.75) is 17.9 Å². The van der Waals surface area contributed by atoms with Crippen LogP contribution in [0.5, 0.6) is 0 Å². The Bertz CT molecular complexity index is 1160. The van der Waals surface area contributed by atoms with Crippen LogP contribution in [0.1, 0.15) is 5.56 Å². The van der Waals surface area contributed by atoms with E-state index in [1.807, 2.05) is 0 Å². The Balaban J connectivity index is 1.85. The molecule has 1 heterocycles. The monoisotopic (exact) mass is 432 g/mol. The highest BCUT2D eigenvalue weighted by atomic mass is 32.2. The second-order valence-corrected chi connectivity index (χ2v) is 8.09. The molecular formula is C20H21FN4O4S. The van der Waals surface area contributed by atoms with Gasteiger partial charge in [-0.1, -0.05) is 24.3 Å². The third-order valence-electron chi connectivity index (χ3n) is 4.35. The van der Waals surface area contributed by atoms with Crippen LogP contribution in [0.2, 0.25) is 0 Å². The lowest BCUT2D eigenvalue weighted by Gasteiger charge is -2.11. The summed E-state index contributed by atoms with van der Waals surface area (Å²) in [6.07, 6.45) is 3.01. The Morgan fingerprint density at radius 3 is 2.73 bits per heavy atom. The Morgan fingerprint density at radius 2 is 2.03 bits per heavy atom. The summed E-state index contributed by atoms with van der Waals surface area (Å²) < 4.78 is 44.7. The fraction of sp³-hybridized carbons (Fsp3) is 0.200. The number of hydrogen-bond acceptors (Lipinski definition) is 5. The molecule has 0 aliphatic carbocycles. The van der Waals surface area contributed by atoms with Gasteiger partial charge in [-0.25, -0.2) is 17.9 Å². The smallest absolute Gasteiger partial charge is 0.238 e. The summed E-state index contributed by atoms with van der Waals surface area (Å²) in [7, 11) is -2.51. The number of carbonyl (C=O) groups excluding carboxylic acids is 1. The van der Waals surface area contributed by atoms with Crippen LogP contribution < -0.4 is 10.5 Å². The first-order chi connectivity index (χ1) is 14.3. The van der Waals surface area contributed by atoms with Crippen molar-refractivity contribution in [3.8, 4) is 11.1 Å². The lowest BCUT2D eigenvalue weighted by molar-refractivity contribution is -0.115. The van der Waals surface area contributed by atoms with Crippen LogP contribution in [0.4, 0.5) is 10.1 Å². The molecular weight excluding hydrogens is 411 g/mol. The molecule has 1 aromatic heterocycles. The molecule has 3 N–H and O–H groups in total. The summed E-state index contributed by atoms with van der Waals surface area (Å²) >= 11 is 0. The molecule has 3 rings (SSSR count). The molecule has 8 nitrogen and oxygen atoms in total. The number of halogens is 1. The van der Waals surface area contributed by atoms with Gasteiger partial charge in [0.05, 0.1) is 30.7 Å². The lowest BCUT2D eigenvalue weighted by Crippen LogP contribution is -2.17. The number of benzene rings is 2. The summed E-state index contributed by atoms with van der Waals surface area (Å²) in [5.41, 5.74) is 1.38. The van der Waals surface area contributed by atoms with E-state index in [2.05, 4.69) is 10.4 Å². The van der Waals surface area contributed by atoms with E-state index in [1.165, 1.54) is 36.5 Å². The second-order valence-electron chi connectivity index (χ2n) is 6.56. The molecule has 10 heteroatoms. The number of nitrogens with one attached hydrogen (secondary N) is 1. The maximum atomic E-state index is 13.7. The maximum absolute atomic E-state index is 13.7. The SMILES string of the molecule is COCCn1cc(-c2ccc(NC(=O)Cc3ccccc3F)cc2S(N)(=O)=O)cn1. The Hall–Kier alpha value is -3.08. The molecule has 1 amide bonds. The van der Waals surface area contributed by atoms with Crippen LogP contribution in [-0.4, -0.2) is 37.8 Å². The van der Waals surface area contributed by atoms with E-state index in [9.17, 15) is 17.6 Å². The van der Waals surface area contributed by atoms with Crippen LogP contribution in [-0.2, 0) is 32.5 Å². The number of primary sulfonamides is 1. The summed E-state index contributed by atoms with van der Waals surface area (Å²) in [5.74, 6) is -0.973. The van der Waals surface area contributed by atoms with Gasteiger partial charge in [-0.2, -0.15) is 5.10 Å². The zero-order chi connectivity index (χ0) is 21.7. The molecule has 30 heavy (non-hydrogen) atoms. The molecule has 0 aliphatic heterocycles. The molecule has 0 aliphatic rings. The maximum Gasteiger partial charge on any atom is 0.238 e. The number of ether oxygens (including phenoxy) is 1. The van der Waals surface area contributed by atoms with Gasteiger partial charge in [-0.15, -0.1) is 0 Å². The summed E-state index contributed by atoms with van der Waals surface area (Å²) in [6.45, 7) is 0.960. The third-order valence-corrected chi connectivity index (χ3v) is 5.30. The summed E-state index contributed by atoms with van der Waals surface area (Å²) in [6, 6.07) is 10.3. The molecule has 3 aromatic rings.